The fourth-order valence-corrected chi connectivity index (χ4v) is 3.53. The van der Waals surface area contributed by atoms with Gasteiger partial charge in [-0.2, -0.15) is 0 Å². The Bertz CT molecular complexity index is 1090. The number of aliphatic carboxylic acids is 1. The molecule has 30 heavy (non-hydrogen) atoms. The number of benzene rings is 2. The summed E-state index contributed by atoms with van der Waals surface area (Å²) < 4.78 is 0. The highest BCUT2D eigenvalue weighted by Gasteiger charge is 2.20. The number of hydrogen-bond acceptors (Lipinski definition) is 4. The Kier molecular flexibility index (Phi) is 6.75. The predicted octanol–water partition coefficient (Wildman–Crippen LogP) is 5.20. The molecule has 1 heterocycles. The van der Waals surface area contributed by atoms with Crippen LogP contribution in [-0.4, -0.2) is 27.0 Å². The van der Waals surface area contributed by atoms with Gasteiger partial charge in [0.2, 0.25) is 0 Å². The Labute approximate surface area is 176 Å². The van der Waals surface area contributed by atoms with Crippen LogP contribution in [0, 0.1) is 13.8 Å². The zero-order chi connectivity index (χ0) is 21.5. The van der Waals surface area contributed by atoms with Gasteiger partial charge < -0.3 is 10.3 Å². The maximum atomic E-state index is 10.8. The van der Waals surface area contributed by atoms with E-state index < -0.39 is 5.97 Å². The number of hydrogen-bond donors (Lipinski definition) is 2. The van der Waals surface area contributed by atoms with Crippen LogP contribution in [0.1, 0.15) is 45.8 Å². The molecule has 0 aliphatic heterocycles. The van der Waals surface area contributed by atoms with Gasteiger partial charge in [-0.25, -0.2) is 4.79 Å². The van der Waals surface area contributed by atoms with E-state index >= 15 is 0 Å². The average molecular weight is 400 g/mol. The van der Waals surface area contributed by atoms with Gasteiger partial charge in [0, 0.05) is 35.9 Å². The first-order valence-corrected chi connectivity index (χ1v) is 9.68. The fraction of sp³-hybridized carbons (Fsp3) is 0.160. The molecule has 5 nitrogen and oxygen atoms in total. The van der Waals surface area contributed by atoms with Crippen molar-refractivity contribution in [1.29, 1.82) is 0 Å². The van der Waals surface area contributed by atoms with E-state index in [2.05, 4.69) is 29.2 Å². The molecule has 5 heteroatoms. The third-order valence-corrected chi connectivity index (χ3v) is 5.07. The molecule has 0 bridgehead atoms. The summed E-state index contributed by atoms with van der Waals surface area (Å²) in [6.07, 6.45) is 4.91. The van der Waals surface area contributed by atoms with Crippen LogP contribution in [0.15, 0.2) is 78.1 Å². The minimum Gasteiger partial charge on any atom is -0.478 e. The molecule has 3 aromatic rings. The van der Waals surface area contributed by atoms with Crippen molar-refractivity contribution in [3.63, 3.8) is 0 Å². The van der Waals surface area contributed by atoms with Crippen LogP contribution in [0.2, 0.25) is 0 Å². The first-order chi connectivity index (χ1) is 14.5. The Hall–Kier alpha value is -3.73. The topological polar surface area (TPSA) is 82.8 Å². The van der Waals surface area contributed by atoms with Gasteiger partial charge in [0.1, 0.15) is 0 Å². The Morgan fingerprint density at radius 2 is 1.83 bits per heavy atom. The predicted molar refractivity (Wildman–Crippen MR) is 118 cm³/mol. The highest BCUT2D eigenvalue weighted by molar-refractivity contribution is 6.01. The molecule has 1 aromatic heterocycles. The van der Waals surface area contributed by atoms with Crippen LogP contribution in [0.5, 0.6) is 0 Å². The van der Waals surface area contributed by atoms with Crippen molar-refractivity contribution in [2.24, 2.45) is 5.16 Å². The highest BCUT2D eigenvalue weighted by atomic mass is 16.4. The van der Waals surface area contributed by atoms with E-state index in [1.54, 1.807) is 12.3 Å². The minimum absolute atomic E-state index is 0.0249. The summed E-state index contributed by atoms with van der Waals surface area (Å²) in [6.45, 7) is 3.97. The van der Waals surface area contributed by atoms with Gasteiger partial charge >= 0.3 is 5.97 Å². The van der Waals surface area contributed by atoms with E-state index in [1.807, 2.05) is 55.5 Å². The molecule has 152 valence electrons. The van der Waals surface area contributed by atoms with Crippen molar-refractivity contribution in [3.8, 4) is 0 Å². The van der Waals surface area contributed by atoms with E-state index in [4.69, 9.17) is 5.11 Å². The molecule has 1 atom stereocenters. The fourth-order valence-electron chi connectivity index (χ4n) is 3.53. The van der Waals surface area contributed by atoms with Crippen molar-refractivity contribution in [3.05, 3.63) is 106 Å². The number of carbonyl (C=O) groups is 1. The van der Waals surface area contributed by atoms with Crippen molar-refractivity contribution in [2.45, 2.75) is 26.2 Å². The van der Waals surface area contributed by atoms with E-state index in [-0.39, 0.29) is 5.92 Å². The molecule has 1 unspecified atom stereocenters. The maximum absolute atomic E-state index is 10.8. The zero-order valence-corrected chi connectivity index (χ0v) is 17.0. The van der Waals surface area contributed by atoms with Crippen LogP contribution >= 0.6 is 0 Å². The van der Waals surface area contributed by atoms with Crippen molar-refractivity contribution < 1.29 is 15.1 Å². The molecule has 0 aliphatic rings. The molecule has 0 fully saturated rings. The van der Waals surface area contributed by atoms with E-state index in [0.717, 1.165) is 39.6 Å². The third kappa shape index (κ3) is 5.20. The van der Waals surface area contributed by atoms with E-state index in [1.165, 1.54) is 0 Å². The SMILES string of the molecule is Cc1cc(C(CC(c2ccc(C=CC(=O)O)cc2)c2ccccc2C)=NO)ccn1. The lowest BCUT2D eigenvalue weighted by Crippen LogP contribution is -2.12. The molecule has 2 N–H and O–H groups in total. The zero-order valence-electron chi connectivity index (χ0n) is 17.0. The maximum Gasteiger partial charge on any atom is 0.328 e. The summed E-state index contributed by atoms with van der Waals surface area (Å²) in [4.78, 5) is 15.0. The number of carboxylic acids is 1. The number of oxime groups is 1. The van der Waals surface area contributed by atoms with Crippen LogP contribution in [0.4, 0.5) is 0 Å². The molecular formula is C25H24N2O3. The smallest absolute Gasteiger partial charge is 0.328 e. The lowest BCUT2D eigenvalue weighted by atomic mass is 9.83. The molecule has 2 aromatic carbocycles. The van der Waals surface area contributed by atoms with Gasteiger partial charge in [-0.05, 0) is 54.3 Å². The normalized spacial score (nSPS) is 12.8. The lowest BCUT2D eigenvalue weighted by Gasteiger charge is -2.21. The van der Waals surface area contributed by atoms with Gasteiger partial charge in [0.05, 0.1) is 5.71 Å². The number of carboxylic acid groups (broad SMARTS) is 1. The first kappa shape index (κ1) is 21.0. The van der Waals surface area contributed by atoms with Crippen LogP contribution < -0.4 is 0 Å². The highest BCUT2D eigenvalue weighted by Crippen LogP contribution is 2.32. The minimum atomic E-state index is -0.978. The summed E-state index contributed by atoms with van der Waals surface area (Å²) in [5.74, 6) is -1.00. The number of pyridine rings is 1. The van der Waals surface area contributed by atoms with Crippen molar-refractivity contribution >= 4 is 17.8 Å². The quantitative estimate of drug-likeness (QED) is 0.247. The van der Waals surface area contributed by atoms with E-state index in [0.29, 0.717) is 12.1 Å². The lowest BCUT2D eigenvalue weighted by molar-refractivity contribution is -0.131. The summed E-state index contributed by atoms with van der Waals surface area (Å²) in [5, 5.41) is 22.2. The Balaban J connectivity index is 1.99. The van der Waals surface area contributed by atoms with Crippen LogP contribution in [-0.2, 0) is 4.79 Å². The average Bonchev–Trinajstić information content (AvgIpc) is 2.74. The second-order valence-corrected chi connectivity index (χ2v) is 7.18. The largest absolute Gasteiger partial charge is 0.478 e. The van der Waals surface area contributed by atoms with Gasteiger partial charge in [0.25, 0.3) is 0 Å². The number of aromatic nitrogens is 1. The summed E-state index contributed by atoms with van der Waals surface area (Å²) in [5.41, 5.74) is 6.46. The van der Waals surface area contributed by atoms with E-state index in [9.17, 15) is 10.0 Å². The second kappa shape index (κ2) is 9.65. The van der Waals surface area contributed by atoms with Crippen LogP contribution in [0.3, 0.4) is 0 Å². The summed E-state index contributed by atoms with van der Waals surface area (Å²) in [7, 11) is 0. The van der Waals surface area contributed by atoms with Crippen molar-refractivity contribution in [2.75, 3.05) is 0 Å². The van der Waals surface area contributed by atoms with Gasteiger partial charge in [0.15, 0.2) is 0 Å². The Morgan fingerprint density at radius 1 is 1.10 bits per heavy atom. The summed E-state index contributed by atoms with van der Waals surface area (Å²) >= 11 is 0. The molecule has 0 aliphatic carbocycles. The first-order valence-electron chi connectivity index (χ1n) is 9.68. The molecule has 0 saturated carbocycles. The molecular weight excluding hydrogens is 376 g/mol. The summed E-state index contributed by atoms with van der Waals surface area (Å²) in [6, 6.07) is 19.7. The van der Waals surface area contributed by atoms with Gasteiger partial charge in [-0.3, -0.25) is 4.98 Å². The monoisotopic (exact) mass is 400 g/mol. The van der Waals surface area contributed by atoms with Gasteiger partial charge in [-0.15, -0.1) is 0 Å². The Morgan fingerprint density at radius 3 is 2.47 bits per heavy atom. The van der Waals surface area contributed by atoms with Gasteiger partial charge in [-0.1, -0.05) is 53.7 Å². The molecule has 3 rings (SSSR count). The standard InChI is InChI=1S/C25H24N2O3/c1-17-5-3-4-6-22(17)23(16-24(27-30)21-13-14-26-18(2)15-21)20-10-7-19(8-11-20)9-12-25(28)29/h3-15,23,30H,16H2,1-2H3,(H,28,29). The second-order valence-electron chi connectivity index (χ2n) is 7.18. The molecule has 0 saturated heterocycles. The molecule has 0 radical (unpaired) electrons. The number of nitrogens with zero attached hydrogens (tertiary/aromatic N) is 2. The van der Waals surface area contributed by atoms with Crippen molar-refractivity contribution in [1.82, 2.24) is 4.98 Å². The number of aryl methyl sites for hydroxylation is 2. The third-order valence-electron chi connectivity index (χ3n) is 5.07. The number of rotatable bonds is 7. The van der Waals surface area contributed by atoms with Crippen LogP contribution in [0.25, 0.3) is 6.08 Å². The molecule has 0 spiro atoms. The molecule has 0 amide bonds.